The van der Waals surface area contributed by atoms with E-state index in [1.54, 1.807) is 12.1 Å². The third kappa shape index (κ3) is 5.81. The Labute approximate surface area is 202 Å². The van der Waals surface area contributed by atoms with Crippen LogP contribution in [0.1, 0.15) is 42.0 Å². The van der Waals surface area contributed by atoms with Crippen molar-refractivity contribution in [1.82, 2.24) is 25.1 Å². The van der Waals surface area contributed by atoms with Crippen LogP contribution >= 0.6 is 11.6 Å². The quantitative estimate of drug-likeness (QED) is 0.377. The van der Waals surface area contributed by atoms with Crippen LogP contribution in [0.4, 0.5) is 27.7 Å². The van der Waals surface area contributed by atoms with Crippen molar-refractivity contribution in [3.63, 3.8) is 0 Å². The van der Waals surface area contributed by atoms with Gasteiger partial charge in [-0.1, -0.05) is 11.6 Å². The van der Waals surface area contributed by atoms with Gasteiger partial charge in [-0.05, 0) is 69.0 Å². The average molecular weight is 487 g/mol. The number of piperidine rings is 1. The first-order valence-corrected chi connectivity index (χ1v) is 11.6. The Kier molecular flexibility index (Phi) is 7.28. The summed E-state index contributed by atoms with van der Waals surface area (Å²) in [6.45, 7) is 6.27. The highest BCUT2D eigenvalue weighted by atomic mass is 35.5. The maximum absolute atomic E-state index is 15.1. The zero-order valence-electron chi connectivity index (χ0n) is 19.2. The second-order valence-corrected chi connectivity index (χ2v) is 9.00. The Morgan fingerprint density at radius 3 is 2.71 bits per heavy atom. The number of primary amides is 1. The van der Waals surface area contributed by atoms with Gasteiger partial charge in [0.1, 0.15) is 10.8 Å². The number of aryl methyl sites for hydroxylation is 2. The summed E-state index contributed by atoms with van der Waals surface area (Å²) < 4.78 is 15.1. The number of H-pyrrole nitrogens is 1. The van der Waals surface area contributed by atoms with Gasteiger partial charge in [0.15, 0.2) is 11.6 Å². The molecule has 1 aliphatic heterocycles. The molecule has 3 heterocycles. The van der Waals surface area contributed by atoms with Crippen LogP contribution in [0.2, 0.25) is 5.02 Å². The van der Waals surface area contributed by atoms with E-state index in [2.05, 4.69) is 35.7 Å². The van der Waals surface area contributed by atoms with E-state index in [1.807, 2.05) is 19.9 Å². The number of carbonyl (C=O) groups is 1. The van der Waals surface area contributed by atoms with Gasteiger partial charge in [0.2, 0.25) is 11.9 Å². The molecular weight excluding hydrogens is 459 g/mol. The highest BCUT2D eigenvalue weighted by Gasteiger charge is 2.23. The highest BCUT2D eigenvalue weighted by molar-refractivity contribution is 6.32. The van der Waals surface area contributed by atoms with Gasteiger partial charge in [-0.15, -0.1) is 0 Å². The fraction of sp³-hybridized carbons (Fsp3) is 0.391. The van der Waals surface area contributed by atoms with Crippen molar-refractivity contribution >= 4 is 40.8 Å². The molecule has 0 spiro atoms. The number of nitrogens with zero attached hydrogens (tertiary/aromatic N) is 4. The molecule has 0 bridgehead atoms. The average Bonchev–Trinajstić information content (AvgIpc) is 3.21. The molecule has 0 radical (unpaired) electrons. The number of aromatic amines is 1. The van der Waals surface area contributed by atoms with Crippen molar-refractivity contribution in [3.8, 4) is 0 Å². The number of anilines is 4. The lowest BCUT2D eigenvalue weighted by atomic mass is 9.86. The van der Waals surface area contributed by atoms with Gasteiger partial charge < -0.3 is 21.3 Å². The number of carbonyl (C=O) groups excluding carboxylic acids is 1. The van der Waals surface area contributed by atoms with Gasteiger partial charge in [-0.25, -0.2) is 9.37 Å². The lowest BCUT2D eigenvalue weighted by Crippen LogP contribution is -2.35. The van der Waals surface area contributed by atoms with Crippen molar-refractivity contribution < 1.29 is 9.18 Å². The van der Waals surface area contributed by atoms with Gasteiger partial charge >= 0.3 is 0 Å². The van der Waals surface area contributed by atoms with Crippen LogP contribution in [-0.2, 0) is 4.79 Å². The Hall–Kier alpha value is -3.24. The standard InChI is InChI=1S/C23H28ClFN8O/c1-13-9-19(18(25)11-16(13)15-3-6-33(7-4-15)8-5-20(26)34)28-23-27-12-17(24)22(30-23)29-21-10-14(2)31-32-21/h9-12,15H,3-8H2,1-2H3,(H2,26,34)(H3,27,28,29,30,31,32). The lowest BCUT2D eigenvalue weighted by molar-refractivity contribution is -0.118. The van der Waals surface area contributed by atoms with E-state index in [9.17, 15) is 4.79 Å². The van der Waals surface area contributed by atoms with Crippen molar-refractivity contribution in [2.45, 2.75) is 39.0 Å². The largest absolute Gasteiger partial charge is 0.370 e. The molecule has 0 unspecified atom stereocenters. The first-order valence-electron chi connectivity index (χ1n) is 11.2. The minimum atomic E-state index is -0.368. The molecule has 0 saturated carbocycles. The molecule has 1 saturated heterocycles. The van der Waals surface area contributed by atoms with Crippen LogP contribution < -0.4 is 16.4 Å². The van der Waals surface area contributed by atoms with E-state index < -0.39 is 0 Å². The second-order valence-electron chi connectivity index (χ2n) is 8.60. The predicted octanol–water partition coefficient (Wildman–Crippen LogP) is 4.15. The summed E-state index contributed by atoms with van der Waals surface area (Å²) in [4.78, 5) is 21.8. The molecule has 1 aromatic carbocycles. The molecule has 3 aromatic rings. The Balaban J connectivity index is 1.44. The molecule has 0 aliphatic carbocycles. The van der Waals surface area contributed by atoms with Crippen LogP contribution in [0.25, 0.3) is 0 Å². The monoisotopic (exact) mass is 486 g/mol. The number of aromatic nitrogens is 4. The fourth-order valence-corrected chi connectivity index (χ4v) is 4.35. The molecule has 1 aliphatic rings. The minimum absolute atomic E-state index is 0.216. The third-order valence-electron chi connectivity index (χ3n) is 6.00. The fourth-order valence-electron chi connectivity index (χ4n) is 4.21. The topological polar surface area (TPSA) is 125 Å². The summed E-state index contributed by atoms with van der Waals surface area (Å²) in [5.74, 6) is 0.763. The maximum atomic E-state index is 15.1. The van der Waals surface area contributed by atoms with Crippen molar-refractivity contribution in [2.75, 3.05) is 30.3 Å². The van der Waals surface area contributed by atoms with E-state index in [0.29, 0.717) is 35.3 Å². The molecule has 9 nitrogen and oxygen atoms in total. The predicted molar refractivity (Wildman–Crippen MR) is 130 cm³/mol. The van der Waals surface area contributed by atoms with Gasteiger partial charge in [0.05, 0.1) is 11.9 Å². The SMILES string of the molecule is Cc1cc(Nc2nc(Nc3cc(C)c(C4CCN(CCC(N)=O)CC4)cc3F)ncc2Cl)n[nH]1. The molecule has 5 N–H and O–H groups in total. The zero-order chi connectivity index (χ0) is 24.2. The van der Waals surface area contributed by atoms with E-state index in [0.717, 1.165) is 42.8 Å². The van der Waals surface area contributed by atoms with Crippen LogP contribution in [0, 0.1) is 19.7 Å². The Bertz CT molecular complexity index is 1180. The zero-order valence-corrected chi connectivity index (χ0v) is 19.9. The molecule has 180 valence electrons. The second kappa shape index (κ2) is 10.4. The molecule has 2 aromatic heterocycles. The molecular formula is C23H28ClFN8O. The van der Waals surface area contributed by atoms with Crippen LogP contribution in [0.3, 0.4) is 0 Å². The third-order valence-corrected chi connectivity index (χ3v) is 6.28. The number of halogens is 2. The summed E-state index contributed by atoms with van der Waals surface area (Å²) >= 11 is 6.21. The van der Waals surface area contributed by atoms with E-state index in [1.165, 1.54) is 6.20 Å². The van der Waals surface area contributed by atoms with E-state index in [4.69, 9.17) is 17.3 Å². The van der Waals surface area contributed by atoms with Crippen LogP contribution in [0.15, 0.2) is 24.4 Å². The number of benzene rings is 1. The molecule has 11 heteroatoms. The number of nitrogens with one attached hydrogen (secondary N) is 3. The van der Waals surface area contributed by atoms with Crippen molar-refractivity contribution in [2.24, 2.45) is 5.73 Å². The first-order chi connectivity index (χ1) is 16.3. The van der Waals surface area contributed by atoms with Crippen molar-refractivity contribution in [1.29, 1.82) is 0 Å². The van der Waals surface area contributed by atoms with Gasteiger partial charge in [-0.2, -0.15) is 10.1 Å². The van der Waals surface area contributed by atoms with Gasteiger partial charge in [0.25, 0.3) is 0 Å². The molecule has 34 heavy (non-hydrogen) atoms. The summed E-state index contributed by atoms with van der Waals surface area (Å²) in [5.41, 5.74) is 8.44. The summed E-state index contributed by atoms with van der Waals surface area (Å²) in [6, 6.07) is 5.20. The summed E-state index contributed by atoms with van der Waals surface area (Å²) in [6.07, 6.45) is 3.63. The summed E-state index contributed by atoms with van der Waals surface area (Å²) in [7, 11) is 0. The normalized spacial score (nSPS) is 14.8. The smallest absolute Gasteiger partial charge is 0.229 e. The minimum Gasteiger partial charge on any atom is -0.370 e. The number of hydrogen-bond acceptors (Lipinski definition) is 7. The van der Waals surface area contributed by atoms with Gasteiger partial charge in [-0.3, -0.25) is 9.89 Å². The maximum Gasteiger partial charge on any atom is 0.229 e. The summed E-state index contributed by atoms with van der Waals surface area (Å²) in [5, 5.41) is 13.3. The molecule has 4 rings (SSSR count). The van der Waals surface area contributed by atoms with E-state index >= 15 is 4.39 Å². The Morgan fingerprint density at radius 2 is 2.03 bits per heavy atom. The van der Waals surface area contributed by atoms with E-state index in [-0.39, 0.29) is 23.6 Å². The van der Waals surface area contributed by atoms with Crippen LogP contribution in [-0.4, -0.2) is 50.6 Å². The number of rotatable bonds is 8. The van der Waals surface area contributed by atoms with Gasteiger partial charge in [0, 0.05) is 24.7 Å². The Morgan fingerprint density at radius 1 is 1.26 bits per heavy atom. The number of hydrogen-bond donors (Lipinski definition) is 4. The number of likely N-dealkylation sites (tertiary alicyclic amines) is 1. The van der Waals surface area contributed by atoms with Crippen LogP contribution in [0.5, 0.6) is 0 Å². The molecule has 0 atom stereocenters. The molecule has 1 fully saturated rings. The number of nitrogens with two attached hydrogens (primary N) is 1. The highest BCUT2D eigenvalue weighted by Crippen LogP contribution is 2.34. The number of amides is 1. The lowest BCUT2D eigenvalue weighted by Gasteiger charge is -2.32. The first kappa shape index (κ1) is 23.9. The van der Waals surface area contributed by atoms with Crippen molar-refractivity contribution in [3.05, 3.63) is 52.1 Å². The molecule has 1 amide bonds.